The number of rotatable bonds is 6. The summed E-state index contributed by atoms with van der Waals surface area (Å²) in [5.74, 6) is -0.606. The lowest BCUT2D eigenvalue weighted by molar-refractivity contribution is 0.00515. The van der Waals surface area contributed by atoms with Crippen LogP contribution < -0.4 is 5.73 Å². The molecule has 3 aromatic carbocycles. The van der Waals surface area contributed by atoms with Crippen LogP contribution in [-0.2, 0) is 11.2 Å². The molecule has 2 N–H and O–H groups in total. The minimum absolute atomic E-state index is 0.00615. The van der Waals surface area contributed by atoms with E-state index >= 15 is 0 Å². The fourth-order valence-corrected chi connectivity index (χ4v) is 4.67. The lowest BCUT2D eigenvalue weighted by atomic mass is 10.1. The fourth-order valence-electron chi connectivity index (χ4n) is 4.41. The number of nitrogen functional groups attached to an aromatic ring is 1. The Morgan fingerprint density at radius 3 is 2.51 bits per heavy atom. The van der Waals surface area contributed by atoms with Crippen LogP contribution in [-0.4, -0.2) is 33.9 Å². The number of ether oxygens (including phenoxy) is 1. The molecule has 180 valence electrons. The summed E-state index contributed by atoms with van der Waals surface area (Å²) in [6, 6.07) is 18.9. The van der Waals surface area contributed by atoms with Gasteiger partial charge in [0.15, 0.2) is 0 Å². The summed E-state index contributed by atoms with van der Waals surface area (Å²) in [6.07, 6.45) is 2.10. The van der Waals surface area contributed by atoms with Gasteiger partial charge in [0, 0.05) is 40.6 Å². The number of aromatic nitrogens is 2. The zero-order valence-corrected chi connectivity index (χ0v) is 20.8. The summed E-state index contributed by atoms with van der Waals surface area (Å²) in [7, 11) is 0. The second kappa shape index (κ2) is 9.89. The molecule has 1 aromatic heterocycles. The highest BCUT2D eigenvalue weighted by molar-refractivity contribution is 9.10. The Hall–Kier alpha value is -3.07. The van der Waals surface area contributed by atoms with Gasteiger partial charge in [0.05, 0.1) is 17.5 Å². The monoisotopic (exact) mass is 538 g/mol. The van der Waals surface area contributed by atoms with E-state index in [0.29, 0.717) is 30.8 Å². The Balaban J connectivity index is 1.50. The minimum atomic E-state index is -0.369. The molecule has 4 aromatic rings. The van der Waals surface area contributed by atoms with Gasteiger partial charge in [-0.3, -0.25) is 4.90 Å². The molecule has 1 aliphatic heterocycles. The molecule has 1 aliphatic rings. The molecule has 0 unspecified atom stereocenters. The highest BCUT2D eigenvalue weighted by atomic mass is 79.9. The summed E-state index contributed by atoms with van der Waals surface area (Å²) in [5, 5.41) is 4.85. The van der Waals surface area contributed by atoms with E-state index < -0.39 is 0 Å². The molecule has 0 radical (unpaired) electrons. The summed E-state index contributed by atoms with van der Waals surface area (Å²) in [4.78, 5) is 2.19. The Bertz CT molecular complexity index is 1320. The molecule has 2 atom stereocenters. The third kappa shape index (κ3) is 5.15. The molecule has 35 heavy (non-hydrogen) atoms. The van der Waals surface area contributed by atoms with E-state index in [-0.39, 0.29) is 24.0 Å². The van der Waals surface area contributed by atoms with Gasteiger partial charge in [0.1, 0.15) is 17.9 Å². The first-order valence-electron chi connectivity index (χ1n) is 11.4. The van der Waals surface area contributed by atoms with Crippen molar-refractivity contribution < 1.29 is 13.5 Å². The van der Waals surface area contributed by atoms with Crippen molar-refractivity contribution in [3.63, 3.8) is 0 Å². The average Bonchev–Trinajstić information content (AvgIpc) is 3.43. The Kier molecular flexibility index (Phi) is 6.69. The fraction of sp³-hybridized carbons (Fsp3) is 0.222. The molecule has 0 aliphatic carbocycles. The zero-order chi connectivity index (χ0) is 24.5. The number of halogens is 3. The van der Waals surface area contributed by atoms with Crippen LogP contribution in [0.25, 0.3) is 16.9 Å². The molecular weight excluding hydrogens is 514 g/mol. The van der Waals surface area contributed by atoms with Crippen LogP contribution in [0.4, 0.5) is 14.5 Å². The molecule has 0 bridgehead atoms. The molecule has 2 heterocycles. The standard InChI is InChI=1S/C27H25BrF2N4O/c1-17-15-33(13-12-18-4-9-22(31)14-25(18)30)27(35-17)24-16-34(23-10-5-20(28)6-11-23)32-26(24)19-2-7-21(29)8-3-19/h2-11,14,16-17,27H,12-13,15,31H2,1H3/t17-,27-/m1/s1. The van der Waals surface area contributed by atoms with E-state index in [1.54, 1.807) is 24.3 Å². The van der Waals surface area contributed by atoms with Crippen LogP contribution in [0.3, 0.4) is 0 Å². The van der Waals surface area contributed by atoms with E-state index in [1.807, 2.05) is 42.1 Å². The van der Waals surface area contributed by atoms with Gasteiger partial charge in [-0.15, -0.1) is 0 Å². The molecular formula is C27H25BrF2N4O. The first kappa shape index (κ1) is 23.7. The van der Waals surface area contributed by atoms with E-state index in [2.05, 4.69) is 20.8 Å². The summed E-state index contributed by atoms with van der Waals surface area (Å²) in [6.45, 7) is 3.32. The highest BCUT2D eigenvalue weighted by Gasteiger charge is 2.34. The largest absolute Gasteiger partial charge is 0.399 e. The Morgan fingerprint density at radius 1 is 1.06 bits per heavy atom. The van der Waals surface area contributed by atoms with Gasteiger partial charge in [-0.1, -0.05) is 22.0 Å². The molecule has 1 fully saturated rings. The number of nitrogens with zero attached hydrogens (tertiary/aromatic N) is 3. The van der Waals surface area contributed by atoms with Crippen molar-refractivity contribution in [3.05, 3.63) is 100 Å². The van der Waals surface area contributed by atoms with Crippen molar-refractivity contribution in [2.45, 2.75) is 25.7 Å². The minimum Gasteiger partial charge on any atom is -0.399 e. The number of nitrogens with two attached hydrogens (primary N) is 1. The predicted molar refractivity (Wildman–Crippen MR) is 136 cm³/mol. The van der Waals surface area contributed by atoms with E-state index in [0.717, 1.165) is 27.0 Å². The molecule has 1 saturated heterocycles. The molecule has 0 saturated carbocycles. The Morgan fingerprint density at radius 2 is 1.80 bits per heavy atom. The highest BCUT2D eigenvalue weighted by Crippen LogP contribution is 2.37. The number of anilines is 1. The molecule has 8 heteroatoms. The smallest absolute Gasteiger partial charge is 0.140 e. The lowest BCUT2D eigenvalue weighted by Gasteiger charge is -2.23. The van der Waals surface area contributed by atoms with Gasteiger partial charge in [-0.05, 0) is 79.6 Å². The molecule has 0 amide bonds. The Labute approximate surface area is 211 Å². The van der Waals surface area contributed by atoms with Gasteiger partial charge in [-0.2, -0.15) is 5.10 Å². The molecule has 0 spiro atoms. The third-order valence-electron chi connectivity index (χ3n) is 6.15. The average molecular weight is 539 g/mol. The van der Waals surface area contributed by atoms with Crippen LogP contribution in [0.2, 0.25) is 0 Å². The van der Waals surface area contributed by atoms with Gasteiger partial charge in [-0.25, -0.2) is 13.5 Å². The van der Waals surface area contributed by atoms with Crippen LogP contribution in [0.5, 0.6) is 0 Å². The number of hydrogen-bond donors (Lipinski definition) is 1. The predicted octanol–water partition coefficient (Wildman–Crippen LogP) is 6.12. The second-order valence-electron chi connectivity index (χ2n) is 8.76. The summed E-state index contributed by atoms with van der Waals surface area (Å²) in [5.41, 5.74) is 10.0. The maximum absolute atomic E-state index is 14.4. The first-order valence-corrected chi connectivity index (χ1v) is 12.2. The number of hydrogen-bond acceptors (Lipinski definition) is 4. The quantitative estimate of drug-likeness (QED) is 0.300. The van der Waals surface area contributed by atoms with Crippen molar-refractivity contribution in [2.75, 3.05) is 18.8 Å². The van der Waals surface area contributed by atoms with E-state index in [9.17, 15) is 8.78 Å². The maximum atomic E-state index is 14.4. The van der Waals surface area contributed by atoms with Crippen molar-refractivity contribution in [1.82, 2.24) is 14.7 Å². The maximum Gasteiger partial charge on any atom is 0.140 e. The van der Waals surface area contributed by atoms with E-state index in [4.69, 9.17) is 15.6 Å². The van der Waals surface area contributed by atoms with Gasteiger partial charge in [0.25, 0.3) is 0 Å². The van der Waals surface area contributed by atoms with Crippen molar-refractivity contribution in [1.29, 1.82) is 0 Å². The lowest BCUT2D eigenvalue weighted by Crippen LogP contribution is -2.27. The van der Waals surface area contributed by atoms with Crippen molar-refractivity contribution >= 4 is 21.6 Å². The van der Waals surface area contributed by atoms with Gasteiger partial charge in [0.2, 0.25) is 0 Å². The third-order valence-corrected chi connectivity index (χ3v) is 6.68. The van der Waals surface area contributed by atoms with E-state index in [1.165, 1.54) is 18.2 Å². The second-order valence-corrected chi connectivity index (χ2v) is 9.67. The van der Waals surface area contributed by atoms with Crippen LogP contribution in [0.1, 0.15) is 24.3 Å². The van der Waals surface area contributed by atoms with Gasteiger partial charge >= 0.3 is 0 Å². The normalized spacial score (nSPS) is 18.3. The van der Waals surface area contributed by atoms with Crippen molar-refractivity contribution in [2.24, 2.45) is 0 Å². The summed E-state index contributed by atoms with van der Waals surface area (Å²) < 4.78 is 37.1. The first-order chi connectivity index (χ1) is 16.9. The van der Waals surface area contributed by atoms with Crippen LogP contribution in [0, 0.1) is 11.6 Å². The zero-order valence-electron chi connectivity index (χ0n) is 19.2. The molecule has 5 rings (SSSR count). The van der Waals surface area contributed by atoms with Crippen LogP contribution in [0.15, 0.2) is 77.4 Å². The van der Waals surface area contributed by atoms with Gasteiger partial charge < -0.3 is 10.5 Å². The van der Waals surface area contributed by atoms with Crippen molar-refractivity contribution in [3.8, 4) is 16.9 Å². The summed E-state index contributed by atoms with van der Waals surface area (Å²) >= 11 is 3.47. The topological polar surface area (TPSA) is 56.3 Å². The van der Waals surface area contributed by atoms with Crippen LogP contribution >= 0.6 is 15.9 Å². The number of benzene rings is 3. The molecule has 5 nitrogen and oxygen atoms in total. The SMILES string of the molecule is C[C@@H]1CN(CCc2ccc(N)cc2F)[C@@H](c2cn(-c3ccc(Br)cc3)nc2-c2ccc(F)cc2)O1.